The third-order valence-electron chi connectivity index (χ3n) is 3.36. The fourth-order valence-electron chi connectivity index (χ4n) is 2.28. The van der Waals surface area contributed by atoms with E-state index in [1.807, 2.05) is 0 Å². The van der Waals surface area contributed by atoms with E-state index in [1.165, 1.54) is 0 Å². The van der Waals surface area contributed by atoms with Crippen molar-refractivity contribution in [2.45, 2.75) is 25.7 Å². The van der Waals surface area contributed by atoms with Crippen LogP contribution in [0.25, 0.3) is 0 Å². The van der Waals surface area contributed by atoms with Gasteiger partial charge < -0.3 is 14.5 Å². The van der Waals surface area contributed by atoms with Crippen molar-refractivity contribution in [2.24, 2.45) is 0 Å². The van der Waals surface area contributed by atoms with Gasteiger partial charge in [-0.15, -0.1) is 0 Å². The van der Waals surface area contributed by atoms with Crippen molar-refractivity contribution >= 4 is 11.8 Å². The van der Waals surface area contributed by atoms with E-state index in [1.54, 1.807) is 9.80 Å². The lowest BCUT2D eigenvalue weighted by molar-refractivity contribution is -0.142. The molecule has 0 saturated carbocycles. The number of rotatable bonds is 2. The van der Waals surface area contributed by atoms with Gasteiger partial charge in [0.25, 0.3) is 0 Å². The predicted octanol–water partition coefficient (Wildman–Crippen LogP) is 0.248. The Bertz CT molecular complexity index is 287. The van der Waals surface area contributed by atoms with Gasteiger partial charge in [-0.3, -0.25) is 9.59 Å². The molecule has 0 spiro atoms. The number of hydrogen-bond donors (Lipinski definition) is 0. The molecule has 0 radical (unpaired) electrons. The second-order valence-electron chi connectivity index (χ2n) is 4.62. The molecule has 0 bridgehead atoms. The average molecular weight is 240 g/mol. The molecule has 2 rings (SSSR count). The average Bonchev–Trinajstić information content (AvgIpc) is 2.56. The molecule has 5 nitrogen and oxygen atoms in total. The van der Waals surface area contributed by atoms with Gasteiger partial charge in [0.2, 0.25) is 11.8 Å². The Morgan fingerprint density at radius 1 is 1.12 bits per heavy atom. The number of hydrogen-bond acceptors (Lipinski definition) is 3. The minimum atomic E-state index is 0.0588. The van der Waals surface area contributed by atoms with Crippen molar-refractivity contribution in [1.82, 2.24) is 9.80 Å². The highest BCUT2D eigenvalue weighted by atomic mass is 16.5. The molecule has 2 fully saturated rings. The van der Waals surface area contributed by atoms with Gasteiger partial charge in [-0.1, -0.05) is 6.42 Å². The monoisotopic (exact) mass is 240 g/mol. The van der Waals surface area contributed by atoms with Gasteiger partial charge in [0, 0.05) is 26.1 Å². The van der Waals surface area contributed by atoms with Gasteiger partial charge >= 0.3 is 0 Å². The van der Waals surface area contributed by atoms with E-state index in [9.17, 15) is 9.59 Å². The lowest BCUT2D eigenvalue weighted by atomic mass is 10.2. The lowest BCUT2D eigenvalue weighted by Gasteiger charge is -2.29. The normalized spacial score (nSPS) is 22.5. The molecular weight excluding hydrogens is 220 g/mol. The van der Waals surface area contributed by atoms with E-state index < -0.39 is 0 Å². The van der Waals surface area contributed by atoms with Crippen LogP contribution in [0.5, 0.6) is 0 Å². The minimum Gasteiger partial charge on any atom is -0.378 e. The first-order valence-electron chi connectivity index (χ1n) is 6.40. The van der Waals surface area contributed by atoms with Crippen molar-refractivity contribution in [2.75, 3.05) is 39.4 Å². The molecule has 2 aliphatic heterocycles. The fourth-order valence-corrected chi connectivity index (χ4v) is 2.28. The summed E-state index contributed by atoms with van der Waals surface area (Å²) in [6.07, 6.45) is 3.66. The molecule has 2 amide bonds. The van der Waals surface area contributed by atoms with Crippen molar-refractivity contribution < 1.29 is 14.3 Å². The Balaban J connectivity index is 1.85. The van der Waals surface area contributed by atoms with Crippen LogP contribution in [0.1, 0.15) is 25.7 Å². The van der Waals surface area contributed by atoms with Crippen LogP contribution in [0.4, 0.5) is 0 Å². The van der Waals surface area contributed by atoms with Gasteiger partial charge in [-0.05, 0) is 12.8 Å². The first kappa shape index (κ1) is 12.4. The molecule has 0 N–H and O–H groups in total. The summed E-state index contributed by atoms with van der Waals surface area (Å²) in [6, 6.07) is 0. The first-order valence-corrected chi connectivity index (χ1v) is 6.40. The third kappa shape index (κ3) is 3.43. The molecule has 0 aliphatic carbocycles. The highest BCUT2D eigenvalue weighted by Gasteiger charge is 2.23. The van der Waals surface area contributed by atoms with E-state index in [2.05, 4.69) is 0 Å². The van der Waals surface area contributed by atoms with E-state index in [-0.39, 0.29) is 18.4 Å². The zero-order valence-electron chi connectivity index (χ0n) is 10.2. The van der Waals surface area contributed by atoms with Crippen LogP contribution >= 0.6 is 0 Å². The zero-order chi connectivity index (χ0) is 12.1. The Kier molecular flexibility index (Phi) is 4.36. The quantitative estimate of drug-likeness (QED) is 0.695. The molecule has 0 aromatic rings. The number of ether oxygens (including phenoxy) is 1. The van der Waals surface area contributed by atoms with E-state index in [0.29, 0.717) is 32.7 Å². The molecular formula is C12H20N2O3. The predicted molar refractivity (Wildman–Crippen MR) is 62.4 cm³/mol. The molecule has 2 heterocycles. The number of carbonyl (C=O) groups excluding carboxylic acids is 2. The van der Waals surface area contributed by atoms with Crippen LogP contribution in [0.15, 0.2) is 0 Å². The molecule has 2 saturated heterocycles. The summed E-state index contributed by atoms with van der Waals surface area (Å²) >= 11 is 0. The van der Waals surface area contributed by atoms with E-state index in [4.69, 9.17) is 4.74 Å². The molecule has 17 heavy (non-hydrogen) atoms. The van der Waals surface area contributed by atoms with Crippen LogP contribution in [-0.2, 0) is 14.3 Å². The third-order valence-corrected chi connectivity index (χ3v) is 3.36. The minimum absolute atomic E-state index is 0.0588. The number of morpholine rings is 1. The molecule has 0 atom stereocenters. The summed E-state index contributed by atoms with van der Waals surface area (Å²) in [5, 5.41) is 0. The number of nitrogens with zero attached hydrogens (tertiary/aromatic N) is 2. The summed E-state index contributed by atoms with van der Waals surface area (Å²) in [6.45, 7) is 3.51. The Morgan fingerprint density at radius 3 is 2.65 bits per heavy atom. The summed E-state index contributed by atoms with van der Waals surface area (Å²) in [5.74, 6) is 0.188. The zero-order valence-corrected chi connectivity index (χ0v) is 10.2. The number of carbonyl (C=O) groups is 2. The largest absolute Gasteiger partial charge is 0.378 e. The number of amides is 2. The lowest BCUT2D eigenvalue weighted by Crippen LogP contribution is -2.47. The maximum Gasteiger partial charge on any atom is 0.242 e. The van der Waals surface area contributed by atoms with Crippen molar-refractivity contribution in [3.8, 4) is 0 Å². The van der Waals surface area contributed by atoms with Crippen molar-refractivity contribution in [1.29, 1.82) is 0 Å². The Morgan fingerprint density at radius 2 is 1.88 bits per heavy atom. The highest BCUT2D eigenvalue weighted by molar-refractivity contribution is 5.85. The fraction of sp³-hybridized carbons (Fsp3) is 0.833. The van der Waals surface area contributed by atoms with Crippen LogP contribution in [0, 0.1) is 0 Å². The maximum atomic E-state index is 12.0. The highest BCUT2D eigenvalue weighted by Crippen LogP contribution is 2.11. The molecule has 0 aromatic carbocycles. The first-order chi connectivity index (χ1) is 8.27. The standard InChI is InChI=1S/C12H20N2O3/c15-11-4-2-1-3-5-14(11)10-12(16)13-6-8-17-9-7-13/h1-10H2. The Labute approximate surface area is 102 Å². The van der Waals surface area contributed by atoms with E-state index in [0.717, 1.165) is 25.8 Å². The number of likely N-dealkylation sites (tertiary alicyclic amines) is 1. The van der Waals surface area contributed by atoms with Gasteiger partial charge in [-0.2, -0.15) is 0 Å². The van der Waals surface area contributed by atoms with Crippen LogP contribution < -0.4 is 0 Å². The molecule has 0 aromatic heterocycles. The van der Waals surface area contributed by atoms with Gasteiger partial charge in [0.05, 0.1) is 19.8 Å². The summed E-state index contributed by atoms with van der Waals surface area (Å²) in [7, 11) is 0. The summed E-state index contributed by atoms with van der Waals surface area (Å²) in [5.41, 5.74) is 0. The topological polar surface area (TPSA) is 49.9 Å². The summed E-state index contributed by atoms with van der Waals surface area (Å²) < 4.78 is 5.21. The molecule has 5 heteroatoms. The Hall–Kier alpha value is -1.10. The van der Waals surface area contributed by atoms with Crippen LogP contribution in [0.3, 0.4) is 0 Å². The van der Waals surface area contributed by atoms with Gasteiger partial charge in [-0.25, -0.2) is 0 Å². The van der Waals surface area contributed by atoms with Gasteiger partial charge in [0.15, 0.2) is 0 Å². The molecule has 96 valence electrons. The smallest absolute Gasteiger partial charge is 0.242 e. The van der Waals surface area contributed by atoms with Crippen molar-refractivity contribution in [3.05, 3.63) is 0 Å². The maximum absolute atomic E-state index is 12.0. The summed E-state index contributed by atoms with van der Waals surface area (Å²) in [4.78, 5) is 27.3. The van der Waals surface area contributed by atoms with Crippen LogP contribution in [0.2, 0.25) is 0 Å². The van der Waals surface area contributed by atoms with Crippen LogP contribution in [-0.4, -0.2) is 61.0 Å². The molecule has 0 unspecified atom stereocenters. The van der Waals surface area contributed by atoms with Crippen molar-refractivity contribution in [3.63, 3.8) is 0 Å². The van der Waals surface area contributed by atoms with E-state index >= 15 is 0 Å². The SMILES string of the molecule is O=C(CN1CCCCCC1=O)N1CCOCC1. The second kappa shape index (κ2) is 6.00. The van der Waals surface area contributed by atoms with Gasteiger partial charge in [0.1, 0.15) is 0 Å². The molecule has 2 aliphatic rings. The second-order valence-corrected chi connectivity index (χ2v) is 4.62.